The molecule has 0 aliphatic rings. The van der Waals surface area contributed by atoms with E-state index >= 15 is 0 Å². The summed E-state index contributed by atoms with van der Waals surface area (Å²) < 4.78 is 13.1. The molecule has 0 radical (unpaired) electrons. The summed E-state index contributed by atoms with van der Waals surface area (Å²) in [6, 6.07) is 11.1. The predicted octanol–water partition coefficient (Wildman–Crippen LogP) is 5.58. The molecule has 0 N–H and O–H groups in total. The fourth-order valence-electron chi connectivity index (χ4n) is 1.78. The van der Waals surface area contributed by atoms with Gasteiger partial charge in [0.15, 0.2) is 0 Å². The van der Waals surface area contributed by atoms with Crippen LogP contribution >= 0.6 is 27.5 Å². The number of benzene rings is 2. The maximum atomic E-state index is 13.1. The fraction of sp³-hybridized carbons (Fsp3) is 0.200. The first-order valence-electron chi connectivity index (χ1n) is 5.65. The molecule has 0 saturated carbocycles. The molecule has 0 aromatic heterocycles. The first kappa shape index (κ1) is 13.6. The summed E-state index contributed by atoms with van der Waals surface area (Å²) in [7, 11) is 0. The highest BCUT2D eigenvalue weighted by molar-refractivity contribution is 9.09. The number of aryl methyl sites for hydroxylation is 2. The van der Waals surface area contributed by atoms with Crippen LogP contribution in [-0.4, -0.2) is 0 Å². The van der Waals surface area contributed by atoms with Crippen molar-refractivity contribution in [2.75, 3.05) is 0 Å². The number of halogens is 3. The maximum absolute atomic E-state index is 13.1. The third-order valence-corrected chi connectivity index (χ3v) is 4.41. The Bertz CT molecular complexity index is 529. The molecule has 2 aromatic rings. The monoisotopic (exact) mass is 326 g/mol. The Balaban J connectivity index is 2.37. The molecule has 2 rings (SSSR count). The summed E-state index contributed by atoms with van der Waals surface area (Å²) in [6.45, 7) is 4.16. The molecule has 0 aliphatic carbocycles. The van der Waals surface area contributed by atoms with Gasteiger partial charge >= 0.3 is 0 Å². The lowest BCUT2D eigenvalue weighted by Gasteiger charge is -2.13. The van der Waals surface area contributed by atoms with Gasteiger partial charge in [-0.1, -0.05) is 51.8 Å². The SMILES string of the molecule is Cc1ccc(C(Br)c2ccc(F)c(Cl)c2)cc1C. The topological polar surface area (TPSA) is 0 Å². The van der Waals surface area contributed by atoms with Crippen LogP contribution in [-0.2, 0) is 0 Å². The number of hydrogen-bond donors (Lipinski definition) is 0. The molecule has 0 fully saturated rings. The lowest BCUT2D eigenvalue weighted by atomic mass is 10.0. The first-order valence-corrected chi connectivity index (χ1v) is 6.94. The van der Waals surface area contributed by atoms with Crippen molar-refractivity contribution < 1.29 is 4.39 Å². The van der Waals surface area contributed by atoms with Crippen LogP contribution in [0.25, 0.3) is 0 Å². The van der Waals surface area contributed by atoms with Crippen molar-refractivity contribution >= 4 is 27.5 Å². The number of rotatable bonds is 2. The van der Waals surface area contributed by atoms with Gasteiger partial charge in [0.2, 0.25) is 0 Å². The van der Waals surface area contributed by atoms with Gasteiger partial charge in [-0.3, -0.25) is 0 Å². The van der Waals surface area contributed by atoms with E-state index in [-0.39, 0.29) is 15.7 Å². The normalized spacial score (nSPS) is 12.5. The second-order valence-electron chi connectivity index (χ2n) is 4.38. The van der Waals surface area contributed by atoms with Crippen LogP contribution in [0.5, 0.6) is 0 Å². The van der Waals surface area contributed by atoms with Crippen molar-refractivity contribution in [2.24, 2.45) is 0 Å². The third-order valence-electron chi connectivity index (χ3n) is 3.06. The summed E-state index contributed by atoms with van der Waals surface area (Å²) >= 11 is 9.44. The second kappa shape index (κ2) is 5.41. The van der Waals surface area contributed by atoms with Crippen LogP contribution in [0.4, 0.5) is 4.39 Å². The van der Waals surface area contributed by atoms with Crippen molar-refractivity contribution in [3.8, 4) is 0 Å². The smallest absolute Gasteiger partial charge is 0.141 e. The molecular weight excluding hydrogens is 315 g/mol. The maximum Gasteiger partial charge on any atom is 0.141 e. The van der Waals surface area contributed by atoms with Crippen LogP contribution < -0.4 is 0 Å². The molecule has 0 bridgehead atoms. The average Bonchev–Trinajstić information content (AvgIpc) is 2.35. The molecule has 2 aromatic carbocycles. The minimum absolute atomic E-state index is 0.0231. The minimum Gasteiger partial charge on any atom is -0.205 e. The van der Waals surface area contributed by atoms with Gasteiger partial charge in [0, 0.05) is 0 Å². The highest BCUT2D eigenvalue weighted by atomic mass is 79.9. The Labute approximate surface area is 120 Å². The highest BCUT2D eigenvalue weighted by Gasteiger charge is 2.12. The second-order valence-corrected chi connectivity index (χ2v) is 5.70. The number of alkyl halides is 1. The molecule has 1 atom stereocenters. The highest BCUT2D eigenvalue weighted by Crippen LogP contribution is 2.33. The van der Waals surface area contributed by atoms with Gasteiger partial charge in [0.05, 0.1) is 9.85 Å². The van der Waals surface area contributed by atoms with Gasteiger partial charge in [0.25, 0.3) is 0 Å². The Kier molecular flexibility index (Phi) is 4.08. The van der Waals surface area contributed by atoms with Crippen LogP contribution in [0.1, 0.15) is 27.1 Å². The molecule has 0 heterocycles. The molecule has 0 aliphatic heterocycles. The summed E-state index contributed by atoms with van der Waals surface area (Å²) in [5.41, 5.74) is 4.59. The van der Waals surface area contributed by atoms with Crippen LogP contribution in [0.2, 0.25) is 5.02 Å². The molecule has 0 saturated heterocycles. The molecule has 18 heavy (non-hydrogen) atoms. The van der Waals surface area contributed by atoms with Gasteiger partial charge in [-0.05, 0) is 48.2 Å². The van der Waals surface area contributed by atoms with E-state index in [1.165, 1.54) is 17.2 Å². The summed E-state index contributed by atoms with van der Waals surface area (Å²) in [4.78, 5) is 0.0231. The zero-order chi connectivity index (χ0) is 13.3. The Morgan fingerprint density at radius 3 is 2.22 bits per heavy atom. The van der Waals surface area contributed by atoms with E-state index in [1.807, 2.05) is 0 Å². The van der Waals surface area contributed by atoms with E-state index in [9.17, 15) is 4.39 Å². The van der Waals surface area contributed by atoms with Crippen molar-refractivity contribution in [1.82, 2.24) is 0 Å². The van der Waals surface area contributed by atoms with Gasteiger partial charge in [-0.25, -0.2) is 4.39 Å². The van der Waals surface area contributed by atoms with Crippen LogP contribution in [0, 0.1) is 19.7 Å². The number of hydrogen-bond acceptors (Lipinski definition) is 0. The molecule has 0 amide bonds. The first-order chi connectivity index (χ1) is 8.49. The zero-order valence-corrected chi connectivity index (χ0v) is 12.5. The van der Waals surface area contributed by atoms with Crippen molar-refractivity contribution in [2.45, 2.75) is 18.7 Å². The summed E-state index contributed by atoms with van der Waals surface area (Å²) in [6.07, 6.45) is 0. The lowest BCUT2D eigenvalue weighted by molar-refractivity contribution is 0.627. The van der Waals surface area contributed by atoms with Gasteiger partial charge in [0.1, 0.15) is 5.82 Å². The Morgan fingerprint density at radius 1 is 1.00 bits per heavy atom. The summed E-state index contributed by atoms with van der Waals surface area (Å²) in [5, 5.41) is 0.154. The van der Waals surface area contributed by atoms with Gasteiger partial charge in [-0.15, -0.1) is 0 Å². The van der Waals surface area contributed by atoms with E-state index in [0.29, 0.717) is 0 Å². The summed E-state index contributed by atoms with van der Waals surface area (Å²) in [5.74, 6) is -0.389. The third kappa shape index (κ3) is 2.76. The lowest BCUT2D eigenvalue weighted by Crippen LogP contribution is -1.95. The van der Waals surface area contributed by atoms with Crippen LogP contribution in [0.3, 0.4) is 0 Å². The standard InChI is InChI=1S/C15H13BrClF/c1-9-3-4-11(7-10(9)2)15(16)12-5-6-14(18)13(17)8-12/h3-8,15H,1-2H3. The quantitative estimate of drug-likeness (QED) is 0.632. The average molecular weight is 328 g/mol. The van der Waals surface area contributed by atoms with Gasteiger partial charge < -0.3 is 0 Å². The largest absolute Gasteiger partial charge is 0.205 e. The molecular formula is C15H13BrClF. The molecule has 0 spiro atoms. The van der Waals surface area contributed by atoms with E-state index in [1.54, 1.807) is 12.1 Å². The zero-order valence-electron chi connectivity index (χ0n) is 10.2. The molecule has 3 heteroatoms. The van der Waals surface area contributed by atoms with E-state index in [2.05, 4.69) is 48.0 Å². The van der Waals surface area contributed by atoms with Crippen LogP contribution in [0.15, 0.2) is 36.4 Å². The van der Waals surface area contributed by atoms with Crippen molar-refractivity contribution in [1.29, 1.82) is 0 Å². The van der Waals surface area contributed by atoms with E-state index in [0.717, 1.165) is 11.1 Å². The van der Waals surface area contributed by atoms with E-state index < -0.39 is 0 Å². The van der Waals surface area contributed by atoms with Crippen molar-refractivity contribution in [3.63, 3.8) is 0 Å². The minimum atomic E-state index is -0.389. The fourth-order valence-corrected chi connectivity index (χ4v) is 2.54. The Hall–Kier alpha value is -0.860. The van der Waals surface area contributed by atoms with Crippen molar-refractivity contribution in [3.05, 3.63) is 69.5 Å². The molecule has 0 nitrogen and oxygen atoms in total. The predicted molar refractivity (Wildman–Crippen MR) is 78.1 cm³/mol. The molecule has 1 unspecified atom stereocenters. The molecule has 94 valence electrons. The van der Waals surface area contributed by atoms with Gasteiger partial charge in [-0.2, -0.15) is 0 Å². The Morgan fingerprint density at radius 2 is 1.61 bits per heavy atom. The van der Waals surface area contributed by atoms with E-state index in [4.69, 9.17) is 11.6 Å².